The zero-order valence-electron chi connectivity index (χ0n) is 10.6. The highest BCUT2D eigenvalue weighted by Crippen LogP contribution is 2.22. The van der Waals surface area contributed by atoms with Crippen LogP contribution in [0.5, 0.6) is 0 Å². The molecule has 4 nitrogen and oxygen atoms in total. The predicted molar refractivity (Wildman–Crippen MR) is 86.1 cm³/mol. The fourth-order valence-corrected chi connectivity index (χ4v) is 2.90. The molecule has 0 unspecified atom stereocenters. The van der Waals surface area contributed by atoms with Gasteiger partial charge < -0.3 is 9.72 Å². The summed E-state index contributed by atoms with van der Waals surface area (Å²) in [6.07, 6.45) is 0. The number of pyridine rings is 1. The molecule has 0 aliphatic rings. The summed E-state index contributed by atoms with van der Waals surface area (Å²) >= 11 is 2.16. The van der Waals surface area contributed by atoms with Crippen LogP contribution in [0.1, 0.15) is 10.4 Å². The van der Waals surface area contributed by atoms with Gasteiger partial charge in [0.15, 0.2) is 5.43 Å². The number of hydrogen-bond acceptors (Lipinski definition) is 3. The molecule has 3 rings (SSSR count). The number of aromatic nitrogens is 1. The van der Waals surface area contributed by atoms with E-state index in [1.54, 1.807) is 24.3 Å². The molecular weight excluding hydrogens is 369 g/mol. The number of hydrogen-bond donors (Lipinski definition) is 1. The van der Waals surface area contributed by atoms with Crippen molar-refractivity contribution >= 4 is 50.4 Å². The number of aromatic amines is 1. The highest BCUT2D eigenvalue weighted by atomic mass is 127. The van der Waals surface area contributed by atoms with Crippen LogP contribution in [-0.4, -0.2) is 18.1 Å². The van der Waals surface area contributed by atoms with E-state index in [0.717, 1.165) is 9.09 Å². The highest BCUT2D eigenvalue weighted by molar-refractivity contribution is 14.1. The molecule has 1 N–H and O–H groups in total. The van der Waals surface area contributed by atoms with Gasteiger partial charge in [0.25, 0.3) is 0 Å². The number of para-hydroxylation sites is 2. The van der Waals surface area contributed by atoms with Crippen LogP contribution in [0.3, 0.4) is 0 Å². The smallest absolute Gasteiger partial charge is 0.339 e. The van der Waals surface area contributed by atoms with E-state index < -0.39 is 5.97 Å². The van der Waals surface area contributed by atoms with Crippen LogP contribution in [0.15, 0.2) is 41.2 Å². The van der Waals surface area contributed by atoms with E-state index in [9.17, 15) is 9.59 Å². The van der Waals surface area contributed by atoms with Crippen molar-refractivity contribution in [3.05, 3.63) is 55.8 Å². The van der Waals surface area contributed by atoms with Crippen LogP contribution in [0.25, 0.3) is 21.8 Å². The molecule has 5 heteroatoms. The van der Waals surface area contributed by atoms with Gasteiger partial charge in [0, 0.05) is 14.3 Å². The number of carbonyl (C=O) groups is 1. The molecule has 0 fully saturated rings. The second kappa shape index (κ2) is 4.90. The first-order valence-corrected chi connectivity index (χ1v) is 7.03. The van der Waals surface area contributed by atoms with Crippen molar-refractivity contribution in [2.75, 3.05) is 7.11 Å². The van der Waals surface area contributed by atoms with E-state index in [-0.39, 0.29) is 5.43 Å². The average Bonchev–Trinajstić information content (AvgIpc) is 2.47. The third-order valence-electron chi connectivity index (χ3n) is 3.22. The van der Waals surface area contributed by atoms with Crippen LogP contribution in [0.4, 0.5) is 0 Å². The van der Waals surface area contributed by atoms with E-state index in [1.165, 1.54) is 7.11 Å². The number of carbonyl (C=O) groups excluding carboxylic acids is 1. The van der Waals surface area contributed by atoms with Crippen molar-refractivity contribution in [1.29, 1.82) is 0 Å². The Labute approximate surface area is 127 Å². The fourth-order valence-electron chi connectivity index (χ4n) is 2.27. The summed E-state index contributed by atoms with van der Waals surface area (Å²) < 4.78 is 5.69. The molecule has 0 saturated heterocycles. The maximum Gasteiger partial charge on any atom is 0.339 e. The zero-order chi connectivity index (χ0) is 14.3. The largest absolute Gasteiger partial charge is 0.465 e. The Morgan fingerprint density at radius 1 is 1.10 bits per heavy atom. The summed E-state index contributed by atoms with van der Waals surface area (Å²) in [5.41, 5.74) is 1.53. The lowest BCUT2D eigenvalue weighted by atomic mass is 10.1. The van der Waals surface area contributed by atoms with Crippen molar-refractivity contribution < 1.29 is 9.53 Å². The van der Waals surface area contributed by atoms with Gasteiger partial charge in [0.2, 0.25) is 0 Å². The summed E-state index contributed by atoms with van der Waals surface area (Å²) in [6, 6.07) is 10.6. The van der Waals surface area contributed by atoms with E-state index >= 15 is 0 Å². The molecular formula is C15H10INO3. The van der Waals surface area contributed by atoms with Gasteiger partial charge >= 0.3 is 5.97 Å². The van der Waals surface area contributed by atoms with Crippen molar-refractivity contribution in [2.24, 2.45) is 0 Å². The molecule has 3 aromatic rings. The van der Waals surface area contributed by atoms with Crippen molar-refractivity contribution in [1.82, 2.24) is 4.98 Å². The number of esters is 1. The minimum Gasteiger partial charge on any atom is -0.465 e. The zero-order valence-corrected chi connectivity index (χ0v) is 12.7. The molecule has 1 aromatic heterocycles. The van der Waals surface area contributed by atoms with Crippen LogP contribution in [0.2, 0.25) is 0 Å². The molecule has 0 amide bonds. The Morgan fingerprint density at radius 2 is 1.75 bits per heavy atom. The first-order valence-electron chi connectivity index (χ1n) is 5.95. The molecule has 1 heterocycles. The Bertz CT molecular complexity index is 899. The van der Waals surface area contributed by atoms with Gasteiger partial charge in [-0.3, -0.25) is 4.79 Å². The molecule has 0 atom stereocenters. The van der Waals surface area contributed by atoms with Gasteiger partial charge in [0.1, 0.15) is 0 Å². The lowest BCUT2D eigenvalue weighted by Gasteiger charge is -2.07. The van der Waals surface area contributed by atoms with Gasteiger partial charge in [-0.1, -0.05) is 12.1 Å². The van der Waals surface area contributed by atoms with Crippen LogP contribution in [-0.2, 0) is 4.74 Å². The second-order valence-corrected chi connectivity index (χ2v) is 5.50. The number of ether oxygens (including phenoxy) is 1. The maximum atomic E-state index is 12.5. The van der Waals surface area contributed by atoms with Crippen molar-refractivity contribution in [3.8, 4) is 0 Å². The highest BCUT2D eigenvalue weighted by Gasteiger charge is 2.14. The molecule has 0 radical (unpaired) electrons. The fraction of sp³-hybridized carbons (Fsp3) is 0.0667. The second-order valence-electron chi connectivity index (χ2n) is 4.34. The molecule has 0 spiro atoms. The first-order chi connectivity index (χ1) is 9.63. The monoisotopic (exact) mass is 379 g/mol. The maximum absolute atomic E-state index is 12.5. The Hall–Kier alpha value is -1.89. The van der Waals surface area contributed by atoms with Gasteiger partial charge in [-0.2, -0.15) is 0 Å². The molecule has 0 bridgehead atoms. The number of methoxy groups -OCH3 is 1. The SMILES string of the molecule is COC(=O)c1cccc2c(=O)c3cccc(I)c3[nH]c12. The Morgan fingerprint density at radius 3 is 2.45 bits per heavy atom. The van der Waals surface area contributed by atoms with E-state index in [2.05, 4.69) is 27.6 Å². The number of fused-ring (bicyclic) bond motifs is 2. The lowest BCUT2D eigenvalue weighted by molar-refractivity contribution is 0.0603. The molecule has 0 aliphatic heterocycles. The predicted octanol–water partition coefficient (Wildman–Crippen LogP) is 3.07. The van der Waals surface area contributed by atoms with Gasteiger partial charge in [-0.25, -0.2) is 4.79 Å². The van der Waals surface area contributed by atoms with Crippen molar-refractivity contribution in [2.45, 2.75) is 0 Å². The average molecular weight is 379 g/mol. The van der Waals surface area contributed by atoms with Crippen LogP contribution in [0, 0.1) is 3.57 Å². The van der Waals surface area contributed by atoms with Gasteiger partial charge in [0.05, 0.1) is 23.7 Å². The summed E-state index contributed by atoms with van der Waals surface area (Å²) in [6.45, 7) is 0. The van der Waals surface area contributed by atoms with Gasteiger partial charge in [-0.15, -0.1) is 0 Å². The third-order valence-corrected chi connectivity index (χ3v) is 4.12. The van der Waals surface area contributed by atoms with Crippen LogP contribution >= 0.6 is 22.6 Å². The summed E-state index contributed by atoms with van der Waals surface area (Å²) in [5, 5.41) is 1.11. The van der Waals surface area contributed by atoms with E-state index in [4.69, 9.17) is 4.74 Å². The molecule has 0 saturated carbocycles. The first kappa shape index (κ1) is 13.1. The van der Waals surface area contributed by atoms with Gasteiger partial charge in [-0.05, 0) is 46.9 Å². The Balaban J connectivity index is 2.54. The number of halogens is 1. The van der Waals surface area contributed by atoms with Crippen molar-refractivity contribution in [3.63, 3.8) is 0 Å². The quantitative estimate of drug-likeness (QED) is 0.402. The summed E-state index contributed by atoms with van der Waals surface area (Å²) in [5.74, 6) is -0.462. The summed E-state index contributed by atoms with van der Waals surface area (Å²) in [4.78, 5) is 27.5. The molecule has 20 heavy (non-hydrogen) atoms. The number of nitrogens with one attached hydrogen (secondary N) is 1. The topological polar surface area (TPSA) is 59.2 Å². The number of rotatable bonds is 1. The number of H-pyrrole nitrogens is 1. The number of benzene rings is 2. The third kappa shape index (κ3) is 1.89. The Kier molecular flexibility index (Phi) is 3.21. The van der Waals surface area contributed by atoms with Crippen LogP contribution < -0.4 is 5.43 Å². The van der Waals surface area contributed by atoms with E-state index in [1.807, 2.05) is 12.1 Å². The molecule has 100 valence electrons. The van der Waals surface area contributed by atoms with E-state index in [0.29, 0.717) is 21.9 Å². The lowest BCUT2D eigenvalue weighted by Crippen LogP contribution is -2.09. The standard InChI is InChI=1S/C15H10INO3/c1-20-15(19)10-6-2-4-8-12(10)17-13-9(14(8)18)5-3-7-11(13)16/h2-7H,1H3,(H,17,18). The minimum absolute atomic E-state index is 0.0852. The minimum atomic E-state index is -0.462. The normalized spacial score (nSPS) is 10.9. The molecule has 2 aromatic carbocycles. The molecule has 0 aliphatic carbocycles. The summed E-state index contributed by atoms with van der Waals surface area (Å²) in [7, 11) is 1.32.